The van der Waals surface area contributed by atoms with Crippen LogP contribution in [-0.2, 0) is 0 Å². The minimum atomic E-state index is 0.0255. The third-order valence-corrected chi connectivity index (χ3v) is 4.06. The summed E-state index contributed by atoms with van der Waals surface area (Å²) in [5, 5.41) is 9.78. The Kier molecular flexibility index (Phi) is 2.16. The molecule has 12 heavy (non-hydrogen) atoms. The van der Waals surface area contributed by atoms with Crippen molar-refractivity contribution < 1.29 is 5.11 Å². The molecule has 0 bridgehead atoms. The lowest BCUT2D eigenvalue weighted by Crippen LogP contribution is -2.26. The van der Waals surface area contributed by atoms with E-state index in [0.29, 0.717) is 5.92 Å². The van der Waals surface area contributed by atoms with Gasteiger partial charge in [0.1, 0.15) is 0 Å². The first-order chi connectivity index (χ1) is 5.68. The van der Waals surface area contributed by atoms with Gasteiger partial charge in [0.25, 0.3) is 0 Å². The van der Waals surface area contributed by atoms with E-state index in [1.54, 1.807) is 0 Å². The summed E-state index contributed by atoms with van der Waals surface area (Å²) in [7, 11) is 0. The molecule has 0 aliphatic heterocycles. The average Bonchev–Trinajstić information content (AvgIpc) is 2.28. The lowest BCUT2D eigenvalue weighted by Gasteiger charge is -2.32. The maximum absolute atomic E-state index is 9.78. The first-order valence-electron chi connectivity index (χ1n) is 5.36. The van der Waals surface area contributed by atoms with Gasteiger partial charge in [0.2, 0.25) is 0 Å². The minimum absolute atomic E-state index is 0.0255. The van der Waals surface area contributed by atoms with Gasteiger partial charge in [-0.05, 0) is 42.9 Å². The van der Waals surface area contributed by atoms with E-state index in [4.69, 9.17) is 0 Å². The average molecular weight is 168 g/mol. The van der Waals surface area contributed by atoms with Gasteiger partial charge in [0, 0.05) is 0 Å². The fourth-order valence-corrected chi connectivity index (χ4v) is 3.31. The molecule has 1 N–H and O–H groups in total. The number of fused-ring (bicyclic) bond motifs is 1. The molecule has 2 rings (SSSR count). The molecule has 0 aromatic rings. The lowest BCUT2D eigenvalue weighted by molar-refractivity contribution is 0.0824. The van der Waals surface area contributed by atoms with Crippen LogP contribution in [0.1, 0.15) is 39.5 Å². The monoisotopic (exact) mass is 168 g/mol. The van der Waals surface area contributed by atoms with Crippen LogP contribution in [0, 0.1) is 23.7 Å². The molecule has 2 aliphatic carbocycles. The van der Waals surface area contributed by atoms with E-state index in [0.717, 1.165) is 24.2 Å². The second-order valence-corrected chi connectivity index (χ2v) is 5.03. The van der Waals surface area contributed by atoms with Gasteiger partial charge in [-0.25, -0.2) is 0 Å². The largest absolute Gasteiger partial charge is 0.393 e. The molecule has 0 radical (unpaired) electrons. The predicted molar refractivity (Wildman–Crippen MR) is 49.8 cm³/mol. The summed E-state index contributed by atoms with van der Waals surface area (Å²) < 4.78 is 0. The number of aliphatic hydroxyl groups is 1. The number of aliphatic hydroxyl groups excluding tert-OH is 1. The fraction of sp³-hybridized carbons (Fsp3) is 1.00. The van der Waals surface area contributed by atoms with Gasteiger partial charge in [0.05, 0.1) is 6.10 Å². The van der Waals surface area contributed by atoms with Gasteiger partial charge >= 0.3 is 0 Å². The number of hydrogen-bond donors (Lipinski definition) is 1. The quantitative estimate of drug-likeness (QED) is 0.589. The van der Waals surface area contributed by atoms with Crippen LogP contribution in [-0.4, -0.2) is 11.2 Å². The Balaban J connectivity index is 2.07. The third kappa shape index (κ3) is 1.28. The third-order valence-electron chi connectivity index (χ3n) is 4.06. The predicted octanol–water partition coefficient (Wildman–Crippen LogP) is 2.44. The maximum Gasteiger partial charge on any atom is 0.0573 e. The van der Waals surface area contributed by atoms with Crippen molar-refractivity contribution in [3.63, 3.8) is 0 Å². The molecule has 0 amide bonds. The maximum atomic E-state index is 9.78. The Labute approximate surface area is 75.2 Å². The summed E-state index contributed by atoms with van der Waals surface area (Å²) in [5.74, 6) is 3.16. The Morgan fingerprint density at radius 3 is 2.50 bits per heavy atom. The van der Waals surface area contributed by atoms with Crippen LogP contribution in [0.3, 0.4) is 0 Å². The van der Waals surface area contributed by atoms with E-state index in [-0.39, 0.29) is 6.10 Å². The van der Waals surface area contributed by atoms with E-state index in [1.807, 2.05) is 0 Å². The molecule has 5 unspecified atom stereocenters. The smallest absolute Gasteiger partial charge is 0.0573 e. The Morgan fingerprint density at radius 2 is 1.75 bits per heavy atom. The highest BCUT2D eigenvalue weighted by atomic mass is 16.3. The van der Waals surface area contributed by atoms with E-state index in [9.17, 15) is 5.11 Å². The molecule has 2 fully saturated rings. The molecule has 0 heterocycles. The van der Waals surface area contributed by atoms with Crippen LogP contribution in [0.25, 0.3) is 0 Å². The van der Waals surface area contributed by atoms with Gasteiger partial charge in [0.15, 0.2) is 0 Å². The first-order valence-corrected chi connectivity index (χ1v) is 5.36. The molecule has 0 saturated heterocycles. The molecule has 1 nitrogen and oxygen atoms in total. The summed E-state index contributed by atoms with van der Waals surface area (Å²) in [6.07, 6.45) is 5.06. The normalized spacial score (nSPS) is 53.8. The molecule has 70 valence electrons. The van der Waals surface area contributed by atoms with Gasteiger partial charge in [-0.15, -0.1) is 0 Å². The van der Waals surface area contributed by atoms with Crippen LogP contribution in [0.4, 0.5) is 0 Å². The standard InChI is InChI=1S/C11H20O/c1-7-3-4-9-10(5-7)8(2)6-11(9)12/h7-12H,3-6H2,1-2H3. The van der Waals surface area contributed by atoms with Crippen molar-refractivity contribution in [1.82, 2.24) is 0 Å². The van der Waals surface area contributed by atoms with Gasteiger partial charge in [-0.1, -0.05) is 20.3 Å². The summed E-state index contributed by atoms with van der Waals surface area (Å²) >= 11 is 0. The number of rotatable bonds is 0. The summed E-state index contributed by atoms with van der Waals surface area (Å²) in [4.78, 5) is 0. The first kappa shape index (κ1) is 8.55. The van der Waals surface area contributed by atoms with Crippen molar-refractivity contribution in [3.8, 4) is 0 Å². The van der Waals surface area contributed by atoms with Crippen LogP contribution in [0.2, 0.25) is 0 Å². The van der Waals surface area contributed by atoms with Crippen LogP contribution in [0.15, 0.2) is 0 Å². The topological polar surface area (TPSA) is 20.2 Å². The zero-order chi connectivity index (χ0) is 8.72. The highest BCUT2D eigenvalue weighted by Crippen LogP contribution is 2.47. The van der Waals surface area contributed by atoms with Crippen molar-refractivity contribution in [1.29, 1.82) is 0 Å². The zero-order valence-corrected chi connectivity index (χ0v) is 8.16. The van der Waals surface area contributed by atoms with Crippen LogP contribution >= 0.6 is 0 Å². The van der Waals surface area contributed by atoms with E-state index in [1.165, 1.54) is 19.3 Å². The Morgan fingerprint density at radius 1 is 1.00 bits per heavy atom. The molecule has 1 heteroatoms. The second-order valence-electron chi connectivity index (χ2n) is 5.03. The van der Waals surface area contributed by atoms with Gasteiger partial charge < -0.3 is 5.11 Å². The molecule has 5 atom stereocenters. The van der Waals surface area contributed by atoms with Crippen molar-refractivity contribution in [2.75, 3.05) is 0 Å². The summed E-state index contributed by atoms with van der Waals surface area (Å²) in [6.45, 7) is 4.67. The summed E-state index contributed by atoms with van der Waals surface area (Å²) in [6, 6.07) is 0. The lowest BCUT2D eigenvalue weighted by atomic mass is 9.74. The van der Waals surface area contributed by atoms with Gasteiger partial charge in [-0.3, -0.25) is 0 Å². The number of hydrogen-bond acceptors (Lipinski definition) is 1. The Hall–Kier alpha value is -0.0400. The van der Waals surface area contributed by atoms with Crippen molar-refractivity contribution >= 4 is 0 Å². The van der Waals surface area contributed by atoms with Crippen LogP contribution in [0.5, 0.6) is 0 Å². The molecule has 2 aliphatic rings. The van der Waals surface area contributed by atoms with Crippen molar-refractivity contribution in [2.45, 2.75) is 45.6 Å². The highest BCUT2D eigenvalue weighted by molar-refractivity contribution is 4.92. The summed E-state index contributed by atoms with van der Waals surface area (Å²) in [5.41, 5.74) is 0. The SMILES string of the molecule is CC1CCC2C(O)CC(C)C2C1. The molecular weight excluding hydrogens is 148 g/mol. The molecule has 2 saturated carbocycles. The molecule has 0 aromatic heterocycles. The van der Waals surface area contributed by atoms with Crippen molar-refractivity contribution in [2.24, 2.45) is 23.7 Å². The van der Waals surface area contributed by atoms with Crippen LogP contribution < -0.4 is 0 Å². The highest BCUT2D eigenvalue weighted by Gasteiger charge is 2.42. The van der Waals surface area contributed by atoms with E-state index in [2.05, 4.69) is 13.8 Å². The molecular formula is C11H20O. The molecule has 0 spiro atoms. The molecule has 0 aromatic carbocycles. The van der Waals surface area contributed by atoms with E-state index < -0.39 is 0 Å². The van der Waals surface area contributed by atoms with Crippen molar-refractivity contribution in [3.05, 3.63) is 0 Å². The van der Waals surface area contributed by atoms with Gasteiger partial charge in [-0.2, -0.15) is 0 Å². The van der Waals surface area contributed by atoms with E-state index >= 15 is 0 Å². The zero-order valence-electron chi connectivity index (χ0n) is 8.16. The second kappa shape index (κ2) is 3.02. The fourth-order valence-electron chi connectivity index (χ4n) is 3.31. The Bertz CT molecular complexity index is 166. The minimum Gasteiger partial charge on any atom is -0.393 e.